The number of nitrogens with zero attached hydrogens (tertiary/aromatic N) is 1. The van der Waals surface area contributed by atoms with Crippen molar-refractivity contribution in [1.29, 1.82) is 0 Å². The van der Waals surface area contributed by atoms with E-state index in [1.165, 1.54) is 0 Å². The summed E-state index contributed by atoms with van der Waals surface area (Å²) < 4.78 is 0. The molecule has 0 aliphatic rings. The Morgan fingerprint density at radius 2 is 1.62 bits per heavy atom. The molecule has 7 heteroatoms. The molecule has 0 aromatic heterocycles. The first-order valence-corrected chi connectivity index (χ1v) is 6.41. The van der Waals surface area contributed by atoms with Gasteiger partial charge in [0, 0.05) is 6.54 Å². The Morgan fingerprint density at radius 3 is 2.10 bits per heavy atom. The van der Waals surface area contributed by atoms with Gasteiger partial charge in [-0.3, -0.25) is 9.59 Å². The Balaban J connectivity index is 2.56. The smallest absolute Gasteiger partial charge is 0.323 e. The lowest BCUT2D eigenvalue weighted by atomic mass is 10.0. The van der Waals surface area contributed by atoms with Gasteiger partial charge in [-0.2, -0.15) is 0 Å². The summed E-state index contributed by atoms with van der Waals surface area (Å²) in [5.74, 6) is -2.49. The number of benzene rings is 1. The summed E-state index contributed by atoms with van der Waals surface area (Å²) in [5, 5.41) is 19.9. The molecule has 0 saturated carbocycles. The molecule has 7 nitrogen and oxygen atoms in total. The van der Waals surface area contributed by atoms with Gasteiger partial charge in [-0.25, -0.2) is 4.79 Å². The summed E-state index contributed by atoms with van der Waals surface area (Å²) in [7, 11) is 0. The topological polar surface area (TPSA) is 107 Å². The number of carbonyl (C=O) groups excluding carboxylic acids is 1. The molecule has 1 aromatic rings. The monoisotopic (exact) mass is 294 g/mol. The number of nitrogens with one attached hydrogen (secondary N) is 1. The van der Waals surface area contributed by atoms with Crippen molar-refractivity contribution in [2.75, 3.05) is 19.6 Å². The molecule has 0 aliphatic carbocycles. The second-order valence-corrected chi connectivity index (χ2v) is 4.64. The van der Waals surface area contributed by atoms with E-state index in [1.54, 1.807) is 0 Å². The van der Waals surface area contributed by atoms with E-state index in [0.717, 1.165) is 10.5 Å². The molecular weight excluding hydrogens is 276 g/mol. The molecule has 0 spiro atoms. The maximum atomic E-state index is 11.8. The van der Waals surface area contributed by atoms with E-state index < -0.39 is 31.1 Å². The van der Waals surface area contributed by atoms with E-state index in [2.05, 4.69) is 5.32 Å². The van der Waals surface area contributed by atoms with Gasteiger partial charge in [0.05, 0.1) is 0 Å². The second kappa shape index (κ2) is 7.88. The zero-order chi connectivity index (χ0) is 15.8. The molecule has 1 unspecified atom stereocenters. The first-order chi connectivity index (χ1) is 9.90. The summed E-state index contributed by atoms with van der Waals surface area (Å²) in [6.07, 6.45) is 0. The molecule has 1 rings (SSSR count). The molecular formula is C14H18N2O5. The Morgan fingerprint density at radius 1 is 1.10 bits per heavy atom. The fourth-order valence-electron chi connectivity index (χ4n) is 1.78. The number of amides is 2. The molecule has 0 bridgehead atoms. The summed E-state index contributed by atoms with van der Waals surface area (Å²) in [6.45, 7) is 0.892. The highest BCUT2D eigenvalue weighted by Gasteiger charge is 2.20. The van der Waals surface area contributed by atoms with Crippen LogP contribution < -0.4 is 5.32 Å². The molecule has 0 radical (unpaired) electrons. The third-order valence-electron chi connectivity index (χ3n) is 2.87. The quantitative estimate of drug-likeness (QED) is 0.694. The maximum Gasteiger partial charge on any atom is 0.323 e. The number of carbonyl (C=O) groups is 3. The summed E-state index contributed by atoms with van der Waals surface area (Å²) in [6, 6.07) is 8.79. The molecule has 3 N–H and O–H groups in total. The summed E-state index contributed by atoms with van der Waals surface area (Å²) in [4.78, 5) is 33.9. The second-order valence-electron chi connectivity index (χ2n) is 4.64. The van der Waals surface area contributed by atoms with Gasteiger partial charge in [0.25, 0.3) is 0 Å². The highest BCUT2D eigenvalue weighted by Crippen LogP contribution is 2.13. The van der Waals surface area contributed by atoms with Gasteiger partial charge < -0.3 is 20.4 Å². The van der Waals surface area contributed by atoms with E-state index in [9.17, 15) is 14.4 Å². The Kier molecular flexibility index (Phi) is 6.19. The van der Waals surface area contributed by atoms with Gasteiger partial charge in [0.2, 0.25) is 0 Å². The third-order valence-corrected chi connectivity index (χ3v) is 2.87. The van der Waals surface area contributed by atoms with Crippen molar-refractivity contribution in [2.45, 2.75) is 12.8 Å². The minimum absolute atomic E-state index is 0.0339. The molecule has 0 saturated heterocycles. The number of hydrogen-bond acceptors (Lipinski definition) is 3. The third kappa shape index (κ3) is 5.94. The van der Waals surface area contributed by atoms with Crippen LogP contribution in [0.25, 0.3) is 0 Å². The highest BCUT2D eigenvalue weighted by molar-refractivity contribution is 5.84. The number of carboxylic acid groups (broad SMARTS) is 2. The fourth-order valence-corrected chi connectivity index (χ4v) is 1.78. The van der Waals surface area contributed by atoms with Gasteiger partial charge in [-0.05, 0) is 11.5 Å². The van der Waals surface area contributed by atoms with Gasteiger partial charge in [-0.15, -0.1) is 0 Å². The molecule has 21 heavy (non-hydrogen) atoms. The Labute approximate surface area is 122 Å². The highest BCUT2D eigenvalue weighted by atomic mass is 16.4. The summed E-state index contributed by atoms with van der Waals surface area (Å²) >= 11 is 0. The Bertz CT molecular complexity index is 487. The first-order valence-electron chi connectivity index (χ1n) is 6.41. The zero-order valence-corrected chi connectivity index (χ0v) is 11.7. The van der Waals surface area contributed by atoms with Crippen LogP contribution in [-0.4, -0.2) is 52.7 Å². The van der Waals surface area contributed by atoms with Crippen molar-refractivity contribution in [3.05, 3.63) is 35.9 Å². The van der Waals surface area contributed by atoms with Crippen LogP contribution in [0.1, 0.15) is 18.4 Å². The average molecular weight is 294 g/mol. The van der Waals surface area contributed by atoms with E-state index in [1.807, 2.05) is 37.3 Å². The van der Waals surface area contributed by atoms with Crippen LogP contribution in [0.2, 0.25) is 0 Å². The largest absolute Gasteiger partial charge is 0.480 e. The molecule has 114 valence electrons. The average Bonchev–Trinajstić information content (AvgIpc) is 2.43. The molecule has 1 aromatic carbocycles. The number of rotatable bonds is 7. The summed E-state index contributed by atoms with van der Waals surface area (Å²) in [5.41, 5.74) is 1.03. The standard InChI is InChI=1S/C14H18N2O5/c1-10(11-5-3-2-4-6-11)7-15-14(21)16(8-12(17)18)9-13(19)20/h2-6,10H,7-9H2,1H3,(H,15,21)(H,17,18)(H,19,20). The first kappa shape index (κ1) is 16.5. The maximum absolute atomic E-state index is 11.8. The minimum Gasteiger partial charge on any atom is -0.480 e. The van der Waals surface area contributed by atoms with Crippen LogP contribution in [0.4, 0.5) is 4.79 Å². The van der Waals surface area contributed by atoms with Crippen molar-refractivity contribution < 1.29 is 24.6 Å². The number of aliphatic carboxylic acids is 2. The van der Waals surface area contributed by atoms with Crippen LogP contribution in [0, 0.1) is 0 Å². The van der Waals surface area contributed by atoms with Gasteiger partial charge >= 0.3 is 18.0 Å². The molecule has 0 aliphatic heterocycles. The van der Waals surface area contributed by atoms with Crippen molar-refractivity contribution in [1.82, 2.24) is 10.2 Å². The van der Waals surface area contributed by atoms with Crippen molar-refractivity contribution in [3.8, 4) is 0 Å². The minimum atomic E-state index is -1.26. The van der Waals surface area contributed by atoms with Crippen LogP contribution in [0.3, 0.4) is 0 Å². The fraction of sp³-hybridized carbons (Fsp3) is 0.357. The SMILES string of the molecule is CC(CNC(=O)N(CC(=O)O)CC(=O)O)c1ccccc1. The van der Waals surface area contributed by atoms with E-state index in [4.69, 9.17) is 10.2 Å². The Hall–Kier alpha value is -2.57. The van der Waals surface area contributed by atoms with Gasteiger partial charge in [0.15, 0.2) is 0 Å². The molecule has 1 atom stereocenters. The lowest BCUT2D eigenvalue weighted by molar-refractivity contribution is -0.140. The van der Waals surface area contributed by atoms with Crippen molar-refractivity contribution in [3.63, 3.8) is 0 Å². The van der Waals surface area contributed by atoms with E-state index in [0.29, 0.717) is 6.54 Å². The van der Waals surface area contributed by atoms with E-state index >= 15 is 0 Å². The number of carboxylic acids is 2. The van der Waals surface area contributed by atoms with Crippen LogP contribution in [0.15, 0.2) is 30.3 Å². The lowest BCUT2D eigenvalue weighted by Crippen LogP contribution is -2.46. The normalized spacial score (nSPS) is 11.5. The predicted molar refractivity (Wildman–Crippen MR) is 75.1 cm³/mol. The number of hydrogen-bond donors (Lipinski definition) is 3. The molecule has 2 amide bonds. The van der Waals surface area contributed by atoms with Crippen LogP contribution >= 0.6 is 0 Å². The number of urea groups is 1. The van der Waals surface area contributed by atoms with Gasteiger partial charge in [0.1, 0.15) is 13.1 Å². The predicted octanol–water partition coefficient (Wildman–Crippen LogP) is 0.971. The van der Waals surface area contributed by atoms with Crippen LogP contribution in [-0.2, 0) is 9.59 Å². The van der Waals surface area contributed by atoms with Crippen molar-refractivity contribution in [2.24, 2.45) is 0 Å². The van der Waals surface area contributed by atoms with Crippen molar-refractivity contribution >= 4 is 18.0 Å². The molecule has 0 heterocycles. The lowest BCUT2D eigenvalue weighted by Gasteiger charge is -2.20. The molecule has 0 fully saturated rings. The zero-order valence-electron chi connectivity index (χ0n) is 11.7. The van der Waals surface area contributed by atoms with E-state index in [-0.39, 0.29) is 5.92 Å². The van der Waals surface area contributed by atoms with Crippen LogP contribution in [0.5, 0.6) is 0 Å². The van der Waals surface area contributed by atoms with Gasteiger partial charge in [-0.1, -0.05) is 37.3 Å².